The molecule has 0 amide bonds. The number of halogens is 7. The van der Waals surface area contributed by atoms with Crippen molar-refractivity contribution in [2.24, 2.45) is 0 Å². The summed E-state index contributed by atoms with van der Waals surface area (Å²) in [6.45, 7) is 0. The molecule has 0 nitrogen and oxygen atoms in total. The van der Waals surface area contributed by atoms with E-state index in [0.717, 1.165) is 42.5 Å². The SMILES string of the molecule is Fc1ccc(-c2c3cccc(F)c3c(-c3ccc(F)cc3F)c3c(F)ccc(F)c23)c(F)c1. The molecule has 164 valence electrons. The molecule has 0 aromatic heterocycles. The van der Waals surface area contributed by atoms with Crippen molar-refractivity contribution < 1.29 is 30.7 Å². The van der Waals surface area contributed by atoms with Crippen LogP contribution in [0.1, 0.15) is 0 Å². The first-order valence-electron chi connectivity index (χ1n) is 9.70. The van der Waals surface area contributed by atoms with E-state index in [4.69, 9.17) is 0 Å². The standard InChI is InChI=1S/C26H11F7/c27-12-4-6-14(20(32)10-12)22-16-2-1-3-17(29)23(16)24(15-7-5-13(28)11-21(15)33)26-19(31)9-8-18(30)25(22)26/h1-11H. The molecule has 33 heavy (non-hydrogen) atoms. The van der Waals surface area contributed by atoms with Crippen LogP contribution in [0.3, 0.4) is 0 Å². The van der Waals surface area contributed by atoms with Gasteiger partial charge in [-0.25, -0.2) is 30.7 Å². The quantitative estimate of drug-likeness (QED) is 0.185. The molecule has 0 spiro atoms. The molecular formula is C26H11F7. The maximum Gasteiger partial charge on any atom is 0.133 e. The first kappa shape index (κ1) is 21.0. The zero-order valence-electron chi connectivity index (χ0n) is 16.5. The first-order valence-corrected chi connectivity index (χ1v) is 9.70. The van der Waals surface area contributed by atoms with E-state index in [0.29, 0.717) is 12.1 Å². The van der Waals surface area contributed by atoms with Crippen LogP contribution in [0, 0.1) is 40.7 Å². The summed E-state index contributed by atoms with van der Waals surface area (Å²) >= 11 is 0. The Morgan fingerprint density at radius 3 is 1.42 bits per heavy atom. The minimum atomic E-state index is -1.12. The van der Waals surface area contributed by atoms with Crippen molar-refractivity contribution in [3.05, 3.63) is 107 Å². The van der Waals surface area contributed by atoms with Gasteiger partial charge in [0.15, 0.2) is 0 Å². The maximum absolute atomic E-state index is 15.2. The molecule has 0 saturated carbocycles. The van der Waals surface area contributed by atoms with Gasteiger partial charge in [0.2, 0.25) is 0 Å². The van der Waals surface area contributed by atoms with Gasteiger partial charge in [0, 0.05) is 50.5 Å². The average Bonchev–Trinajstić information content (AvgIpc) is 2.76. The molecule has 5 aromatic rings. The summed E-state index contributed by atoms with van der Waals surface area (Å²) < 4.78 is 102. The second-order valence-corrected chi connectivity index (χ2v) is 7.44. The van der Waals surface area contributed by atoms with E-state index in [1.807, 2.05) is 0 Å². The molecule has 0 aliphatic rings. The van der Waals surface area contributed by atoms with E-state index in [1.165, 1.54) is 12.1 Å². The molecule has 5 rings (SSSR count). The fraction of sp³-hybridized carbons (Fsp3) is 0. The van der Waals surface area contributed by atoms with Crippen LogP contribution in [0.4, 0.5) is 30.7 Å². The smallest absolute Gasteiger partial charge is 0.133 e. The summed E-state index contributed by atoms with van der Waals surface area (Å²) in [5, 5.41) is -1.34. The van der Waals surface area contributed by atoms with Crippen molar-refractivity contribution in [1.82, 2.24) is 0 Å². The molecule has 0 heterocycles. The van der Waals surface area contributed by atoms with Crippen LogP contribution in [0.25, 0.3) is 43.8 Å². The van der Waals surface area contributed by atoms with E-state index >= 15 is 13.2 Å². The highest BCUT2D eigenvalue weighted by molar-refractivity contribution is 6.21. The molecule has 0 unspecified atom stereocenters. The Morgan fingerprint density at radius 2 is 0.879 bits per heavy atom. The molecule has 7 heteroatoms. The zero-order valence-corrected chi connectivity index (χ0v) is 16.5. The Balaban J connectivity index is 2.12. The van der Waals surface area contributed by atoms with E-state index in [1.54, 1.807) is 0 Å². The van der Waals surface area contributed by atoms with Gasteiger partial charge in [0.25, 0.3) is 0 Å². The van der Waals surface area contributed by atoms with Crippen molar-refractivity contribution in [1.29, 1.82) is 0 Å². The third kappa shape index (κ3) is 3.23. The number of benzene rings is 5. The van der Waals surface area contributed by atoms with Gasteiger partial charge in [-0.1, -0.05) is 12.1 Å². The van der Waals surface area contributed by atoms with E-state index < -0.39 is 51.5 Å². The molecule has 0 aliphatic heterocycles. The lowest BCUT2D eigenvalue weighted by Crippen LogP contribution is -1.99. The van der Waals surface area contributed by atoms with Gasteiger partial charge >= 0.3 is 0 Å². The molecule has 0 saturated heterocycles. The number of hydrogen-bond acceptors (Lipinski definition) is 0. The molecule has 0 radical (unpaired) electrons. The minimum Gasteiger partial charge on any atom is -0.207 e. The number of rotatable bonds is 2. The first-order chi connectivity index (χ1) is 15.8. The van der Waals surface area contributed by atoms with Gasteiger partial charge in [-0.3, -0.25) is 0 Å². The lowest BCUT2D eigenvalue weighted by Gasteiger charge is -2.19. The van der Waals surface area contributed by atoms with Crippen molar-refractivity contribution in [3.8, 4) is 22.3 Å². The van der Waals surface area contributed by atoms with Crippen molar-refractivity contribution in [2.75, 3.05) is 0 Å². The van der Waals surface area contributed by atoms with Crippen LogP contribution < -0.4 is 0 Å². The van der Waals surface area contributed by atoms with E-state index in [2.05, 4.69) is 0 Å². The monoisotopic (exact) mass is 456 g/mol. The lowest BCUT2D eigenvalue weighted by atomic mass is 9.85. The number of hydrogen-bond donors (Lipinski definition) is 0. The summed E-state index contributed by atoms with van der Waals surface area (Å²) in [7, 11) is 0. The van der Waals surface area contributed by atoms with Crippen LogP contribution in [0.2, 0.25) is 0 Å². The highest BCUT2D eigenvalue weighted by Crippen LogP contribution is 2.47. The predicted molar refractivity (Wildman–Crippen MR) is 112 cm³/mol. The molecule has 0 fully saturated rings. The van der Waals surface area contributed by atoms with Crippen LogP contribution in [0.15, 0.2) is 66.7 Å². The Morgan fingerprint density at radius 1 is 0.394 bits per heavy atom. The van der Waals surface area contributed by atoms with E-state index in [9.17, 15) is 17.6 Å². The van der Waals surface area contributed by atoms with Crippen LogP contribution in [-0.2, 0) is 0 Å². The molecule has 0 bridgehead atoms. The molecule has 0 atom stereocenters. The van der Waals surface area contributed by atoms with Crippen LogP contribution in [0.5, 0.6) is 0 Å². The summed E-state index contributed by atoms with van der Waals surface area (Å²) in [5.74, 6) is -6.94. The van der Waals surface area contributed by atoms with Gasteiger partial charge in [0.05, 0.1) is 0 Å². The Labute approximate surface area is 182 Å². The average molecular weight is 456 g/mol. The van der Waals surface area contributed by atoms with Gasteiger partial charge in [0.1, 0.15) is 40.7 Å². The van der Waals surface area contributed by atoms with Crippen LogP contribution in [-0.4, -0.2) is 0 Å². The third-order valence-electron chi connectivity index (χ3n) is 5.54. The van der Waals surface area contributed by atoms with Crippen molar-refractivity contribution in [3.63, 3.8) is 0 Å². The third-order valence-corrected chi connectivity index (χ3v) is 5.54. The second-order valence-electron chi connectivity index (χ2n) is 7.44. The molecule has 0 aliphatic carbocycles. The number of fused-ring (bicyclic) bond motifs is 2. The fourth-order valence-electron chi connectivity index (χ4n) is 4.22. The summed E-state index contributed by atoms with van der Waals surface area (Å²) in [6, 6.07) is 10.2. The second kappa shape index (κ2) is 7.62. The van der Waals surface area contributed by atoms with Crippen molar-refractivity contribution >= 4 is 21.5 Å². The highest BCUT2D eigenvalue weighted by atomic mass is 19.2. The zero-order chi connectivity index (χ0) is 23.4. The van der Waals surface area contributed by atoms with Gasteiger partial charge in [-0.05, 0) is 47.9 Å². The summed E-state index contributed by atoms with van der Waals surface area (Å²) in [5.41, 5.74) is -1.24. The predicted octanol–water partition coefficient (Wildman–Crippen LogP) is 8.30. The summed E-state index contributed by atoms with van der Waals surface area (Å²) in [4.78, 5) is 0. The van der Waals surface area contributed by atoms with Gasteiger partial charge < -0.3 is 0 Å². The van der Waals surface area contributed by atoms with Gasteiger partial charge in [-0.15, -0.1) is 0 Å². The molecular weight excluding hydrogens is 445 g/mol. The highest BCUT2D eigenvalue weighted by Gasteiger charge is 2.26. The maximum atomic E-state index is 15.2. The normalized spacial score (nSPS) is 11.5. The topological polar surface area (TPSA) is 0 Å². The fourth-order valence-corrected chi connectivity index (χ4v) is 4.22. The largest absolute Gasteiger partial charge is 0.207 e. The Bertz CT molecular complexity index is 1590. The molecule has 5 aromatic carbocycles. The minimum absolute atomic E-state index is 0.0590. The Kier molecular flexibility index (Phi) is 4.85. The lowest BCUT2D eigenvalue weighted by molar-refractivity contribution is 0.584. The van der Waals surface area contributed by atoms with E-state index in [-0.39, 0.29) is 33.0 Å². The summed E-state index contributed by atoms with van der Waals surface area (Å²) in [6.07, 6.45) is 0. The molecule has 0 N–H and O–H groups in total. The Hall–Kier alpha value is -3.87. The van der Waals surface area contributed by atoms with Crippen LogP contribution >= 0.6 is 0 Å². The van der Waals surface area contributed by atoms with Crippen molar-refractivity contribution in [2.45, 2.75) is 0 Å². The van der Waals surface area contributed by atoms with Gasteiger partial charge in [-0.2, -0.15) is 0 Å².